The third kappa shape index (κ3) is 3.30. The van der Waals surface area contributed by atoms with Crippen molar-refractivity contribution in [3.8, 4) is 0 Å². The predicted molar refractivity (Wildman–Crippen MR) is 102 cm³/mol. The highest BCUT2D eigenvalue weighted by Crippen LogP contribution is 2.60. The molecule has 2 saturated heterocycles. The summed E-state index contributed by atoms with van der Waals surface area (Å²) < 4.78 is 17.4. The van der Waals surface area contributed by atoms with Gasteiger partial charge in [0.05, 0.1) is 24.2 Å². The molecule has 0 aromatic heterocycles. The minimum absolute atomic E-state index is 0.0491. The molecule has 0 amide bonds. The van der Waals surface area contributed by atoms with Gasteiger partial charge in [0.25, 0.3) is 0 Å². The molecule has 2 saturated carbocycles. The number of carbonyl (C=O) groups excluding carboxylic acids is 1. The van der Waals surface area contributed by atoms with Crippen molar-refractivity contribution in [3.05, 3.63) is 0 Å². The van der Waals surface area contributed by atoms with Crippen LogP contribution in [-0.4, -0.2) is 86.6 Å². The summed E-state index contributed by atoms with van der Waals surface area (Å²) in [5.41, 5.74) is -1.59. The molecule has 2 aliphatic heterocycles. The van der Waals surface area contributed by atoms with E-state index in [4.69, 9.17) is 14.2 Å². The minimum atomic E-state index is -1.51. The van der Waals surface area contributed by atoms with E-state index in [0.717, 1.165) is 6.42 Å². The van der Waals surface area contributed by atoms with Gasteiger partial charge >= 0.3 is 5.97 Å². The number of hydrogen-bond acceptors (Lipinski definition) is 9. The monoisotopic (exact) mass is 430 g/mol. The van der Waals surface area contributed by atoms with E-state index in [-0.39, 0.29) is 23.7 Å². The van der Waals surface area contributed by atoms with Crippen molar-refractivity contribution in [2.75, 3.05) is 6.61 Å². The van der Waals surface area contributed by atoms with E-state index < -0.39 is 60.5 Å². The zero-order valence-electron chi connectivity index (χ0n) is 17.7. The molecule has 0 radical (unpaired) electrons. The Hall–Kier alpha value is -0.810. The van der Waals surface area contributed by atoms with E-state index in [0.29, 0.717) is 19.3 Å². The number of carbonyl (C=O) groups is 1. The van der Waals surface area contributed by atoms with Crippen LogP contribution in [0.1, 0.15) is 46.5 Å². The maximum atomic E-state index is 12.2. The summed E-state index contributed by atoms with van der Waals surface area (Å²) in [4.78, 5) is 12.2. The van der Waals surface area contributed by atoms with Crippen LogP contribution >= 0.6 is 0 Å². The highest BCUT2D eigenvalue weighted by atomic mass is 16.7. The molecule has 4 fully saturated rings. The van der Waals surface area contributed by atoms with Crippen LogP contribution in [0.15, 0.2) is 0 Å². The molecule has 12 atom stereocenters. The van der Waals surface area contributed by atoms with Gasteiger partial charge in [0, 0.05) is 17.3 Å². The van der Waals surface area contributed by atoms with Crippen molar-refractivity contribution >= 4 is 5.97 Å². The molecular formula is C21H34O9. The van der Waals surface area contributed by atoms with Gasteiger partial charge < -0.3 is 39.7 Å². The zero-order chi connectivity index (χ0) is 22.0. The fourth-order valence-electron chi connectivity index (χ4n) is 6.43. The van der Waals surface area contributed by atoms with E-state index in [1.165, 1.54) is 0 Å². The first kappa shape index (κ1) is 22.4. The molecule has 9 heteroatoms. The molecule has 2 aliphatic carbocycles. The molecule has 30 heavy (non-hydrogen) atoms. The Kier molecular flexibility index (Phi) is 5.71. The number of fused-ring (bicyclic) bond motifs is 3. The predicted octanol–water partition coefficient (Wildman–Crippen LogP) is -0.690. The van der Waals surface area contributed by atoms with Crippen LogP contribution in [0.2, 0.25) is 0 Å². The number of hydrogen-bond donors (Lipinski definition) is 5. The lowest BCUT2D eigenvalue weighted by molar-refractivity contribution is -0.334. The van der Waals surface area contributed by atoms with Crippen LogP contribution in [-0.2, 0) is 19.0 Å². The summed E-state index contributed by atoms with van der Waals surface area (Å²) >= 11 is 0. The van der Waals surface area contributed by atoms with Crippen molar-refractivity contribution in [2.45, 2.75) is 95.0 Å². The zero-order valence-corrected chi connectivity index (χ0v) is 17.7. The summed E-state index contributed by atoms with van der Waals surface area (Å²) in [6.07, 6.45) is -5.16. The van der Waals surface area contributed by atoms with Crippen LogP contribution in [0.5, 0.6) is 0 Å². The van der Waals surface area contributed by atoms with Gasteiger partial charge in [-0.25, -0.2) is 0 Å². The molecule has 9 nitrogen and oxygen atoms in total. The minimum Gasteiger partial charge on any atom is -0.461 e. The molecule has 0 unspecified atom stereocenters. The Morgan fingerprint density at radius 1 is 1.10 bits per heavy atom. The van der Waals surface area contributed by atoms with Crippen LogP contribution < -0.4 is 0 Å². The smallest absolute Gasteiger partial charge is 0.309 e. The lowest BCUT2D eigenvalue weighted by Gasteiger charge is -2.59. The maximum Gasteiger partial charge on any atom is 0.309 e. The van der Waals surface area contributed by atoms with Crippen molar-refractivity contribution in [1.82, 2.24) is 0 Å². The quantitative estimate of drug-likeness (QED) is 0.367. The molecule has 4 rings (SSSR count). The molecule has 5 N–H and O–H groups in total. The van der Waals surface area contributed by atoms with Gasteiger partial charge in [-0.1, -0.05) is 13.8 Å². The van der Waals surface area contributed by atoms with Crippen LogP contribution in [0, 0.1) is 23.2 Å². The lowest BCUT2D eigenvalue weighted by atomic mass is 9.50. The highest BCUT2D eigenvalue weighted by molar-refractivity contribution is 5.75. The first-order valence-electron chi connectivity index (χ1n) is 10.9. The highest BCUT2D eigenvalue weighted by Gasteiger charge is 2.64. The third-order valence-corrected chi connectivity index (χ3v) is 8.21. The van der Waals surface area contributed by atoms with E-state index in [9.17, 15) is 30.3 Å². The Labute approximate surface area is 175 Å². The molecule has 0 aromatic carbocycles. The summed E-state index contributed by atoms with van der Waals surface area (Å²) in [6, 6.07) is 0. The van der Waals surface area contributed by atoms with Gasteiger partial charge in [0.15, 0.2) is 6.29 Å². The summed E-state index contributed by atoms with van der Waals surface area (Å²) in [5, 5.41) is 51.2. The van der Waals surface area contributed by atoms with Crippen molar-refractivity contribution < 1.29 is 44.5 Å². The molecule has 0 bridgehead atoms. The van der Waals surface area contributed by atoms with E-state index in [1.807, 2.05) is 13.8 Å². The van der Waals surface area contributed by atoms with Gasteiger partial charge in [-0.15, -0.1) is 0 Å². The second-order valence-corrected chi connectivity index (χ2v) is 10.1. The summed E-state index contributed by atoms with van der Waals surface area (Å²) in [6.45, 7) is 5.13. The second kappa shape index (κ2) is 7.65. The van der Waals surface area contributed by atoms with E-state index in [1.54, 1.807) is 6.92 Å². The topological polar surface area (TPSA) is 146 Å². The van der Waals surface area contributed by atoms with Crippen molar-refractivity contribution in [3.63, 3.8) is 0 Å². The molecule has 0 spiro atoms. The number of rotatable bonds is 3. The molecule has 0 aromatic rings. The molecule has 2 heterocycles. The lowest BCUT2D eigenvalue weighted by Crippen LogP contribution is -2.65. The van der Waals surface area contributed by atoms with Crippen molar-refractivity contribution in [1.29, 1.82) is 0 Å². The largest absolute Gasteiger partial charge is 0.461 e. The van der Waals surface area contributed by atoms with E-state index >= 15 is 0 Å². The fraction of sp³-hybridized carbons (Fsp3) is 0.952. The van der Waals surface area contributed by atoms with Gasteiger partial charge in [0.2, 0.25) is 0 Å². The average Bonchev–Trinajstić information content (AvgIpc) is 2.97. The number of esters is 1. The van der Waals surface area contributed by atoms with Crippen LogP contribution in [0.3, 0.4) is 0 Å². The van der Waals surface area contributed by atoms with Crippen LogP contribution in [0.4, 0.5) is 0 Å². The number of aliphatic hydroxyl groups is 5. The number of aliphatic hydroxyl groups excluding tert-OH is 4. The first-order chi connectivity index (χ1) is 14.0. The maximum absolute atomic E-state index is 12.2. The first-order valence-corrected chi connectivity index (χ1v) is 10.9. The van der Waals surface area contributed by atoms with Gasteiger partial charge in [-0.3, -0.25) is 4.79 Å². The Balaban J connectivity index is 1.59. The molecule has 172 valence electrons. The van der Waals surface area contributed by atoms with E-state index in [2.05, 4.69) is 0 Å². The normalized spacial score (nSPS) is 56.2. The summed E-state index contributed by atoms with van der Waals surface area (Å²) in [7, 11) is 0. The fourth-order valence-corrected chi connectivity index (χ4v) is 6.43. The Bertz CT molecular complexity index is 667. The Morgan fingerprint density at radius 2 is 1.80 bits per heavy atom. The second-order valence-electron chi connectivity index (χ2n) is 10.1. The van der Waals surface area contributed by atoms with Gasteiger partial charge in [0.1, 0.15) is 30.5 Å². The van der Waals surface area contributed by atoms with Crippen molar-refractivity contribution in [2.24, 2.45) is 23.2 Å². The van der Waals surface area contributed by atoms with Gasteiger partial charge in [-0.05, 0) is 32.6 Å². The average molecular weight is 430 g/mol. The molecule has 4 aliphatic rings. The standard InChI is InChI=1S/C21H34O9/c1-9-10-4-6-20(2)12(5-7-21(3,27)17(20)16(10)30-18(9)26)29-19-15(25)14(24)13(23)11(8-22)28-19/h9-17,19,22-25,27H,4-8H2,1-3H3/t9-,10-,11+,12+,13+,14-,15+,16-,17+,19-,20-,21+/m0/s1. The van der Waals surface area contributed by atoms with Crippen LogP contribution in [0.25, 0.3) is 0 Å². The Morgan fingerprint density at radius 3 is 2.47 bits per heavy atom. The number of ether oxygens (including phenoxy) is 3. The summed E-state index contributed by atoms with van der Waals surface area (Å²) in [5.74, 6) is -0.738. The third-order valence-electron chi connectivity index (χ3n) is 8.21. The SMILES string of the molecule is C[C@@H]1C(=O)O[C@H]2[C@H]1CC[C@]1(C)[C@@H]2[C@](C)(O)CC[C@H]1O[C@@H]1O[C@H](CO)[C@@H](O)[C@H](O)[C@H]1O. The molecular weight excluding hydrogens is 396 g/mol. The van der Waals surface area contributed by atoms with Gasteiger partial charge in [-0.2, -0.15) is 0 Å².